The van der Waals surface area contributed by atoms with Crippen LogP contribution in [0.2, 0.25) is 0 Å². The van der Waals surface area contributed by atoms with Crippen molar-refractivity contribution in [3.05, 3.63) is 28.0 Å². The normalized spacial score (nSPS) is 12.2. The molecule has 0 radical (unpaired) electrons. The SMILES string of the molecule is Cc1nc(Br)ccc1C(C)(C)NC(=O)OC(C)(C)C. The Bertz CT molecular complexity index is 479. The van der Waals surface area contributed by atoms with Crippen LogP contribution >= 0.6 is 15.9 Å². The largest absolute Gasteiger partial charge is 0.444 e. The molecule has 0 saturated heterocycles. The molecule has 0 aromatic carbocycles. The molecule has 1 aromatic heterocycles. The highest BCUT2D eigenvalue weighted by molar-refractivity contribution is 9.10. The number of pyridine rings is 1. The number of hydrogen-bond acceptors (Lipinski definition) is 3. The molecule has 0 fully saturated rings. The van der Waals surface area contributed by atoms with Crippen molar-refractivity contribution in [3.63, 3.8) is 0 Å². The van der Waals surface area contributed by atoms with Gasteiger partial charge in [0.1, 0.15) is 10.2 Å². The third-order valence-electron chi connectivity index (χ3n) is 2.54. The maximum Gasteiger partial charge on any atom is 0.408 e. The lowest BCUT2D eigenvalue weighted by molar-refractivity contribution is 0.0470. The zero-order valence-electron chi connectivity index (χ0n) is 12.3. The molecule has 5 heteroatoms. The van der Waals surface area contributed by atoms with Crippen LogP contribution in [0.25, 0.3) is 0 Å². The first-order valence-electron chi connectivity index (χ1n) is 6.16. The molecule has 106 valence electrons. The lowest BCUT2D eigenvalue weighted by atomic mass is 9.93. The van der Waals surface area contributed by atoms with Crippen LogP contribution < -0.4 is 5.32 Å². The molecule has 1 heterocycles. The summed E-state index contributed by atoms with van der Waals surface area (Å²) in [4.78, 5) is 16.2. The minimum absolute atomic E-state index is 0.431. The molecule has 4 nitrogen and oxygen atoms in total. The number of aryl methyl sites for hydroxylation is 1. The summed E-state index contributed by atoms with van der Waals surface area (Å²) in [6, 6.07) is 3.81. The van der Waals surface area contributed by atoms with Gasteiger partial charge in [0.05, 0.1) is 5.54 Å². The molecule has 0 aliphatic rings. The van der Waals surface area contributed by atoms with Crippen molar-refractivity contribution in [3.8, 4) is 0 Å². The van der Waals surface area contributed by atoms with Crippen LogP contribution in [-0.2, 0) is 10.3 Å². The third kappa shape index (κ3) is 4.82. The Kier molecular flexibility index (Phi) is 4.61. The average Bonchev–Trinajstić information content (AvgIpc) is 2.11. The Morgan fingerprint density at radius 2 is 1.84 bits per heavy atom. The summed E-state index contributed by atoms with van der Waals surface area (Å²) in [6.07, 6.45) is -0.431. The zero-order chi connectivity index (χ0) is 14.8. The molecule has 0 bridgehead atoms. The molecule has 0 unspecified atom stereocenters. The van der Waals surface area contributed by atoms with Gasteiger partial charge in [-0.05, 0) is 69.1 Å². The summed E-state index contributed by atoms with van der Waals surface area (Å²) in [5.74, 6) is 0. The maximum atomic E-state index is 11.9. The fourth-order valence-corrected chi connectivity index (χ4v) is 2.22. The topological polar surface area (TPSA) is 51.2 Å². The first kappa shape index (κ1) is 16.0. The lowest BCUT2D eigenvalue weighted by Crippen LogP contribution is -2.44. The van der Waals surface area contributed by atoms with Crippen molar-refractivity contribution in [2.45, 2.75) is 52.7 Å². The van der Waals surface area contributed by atoms with E-state index in [1.165, 1.54) is 0 Å². The van der Waals surface area contributed by atoms with Crippen molar-refractivity contribution in [2.75, 3.05) is 0 Å². The molecule has 0 spiro atoms. The van der Waals surface area contributed by atoms with Gasteiger partial charge < -0.3 is 10.1 Å². The number of aromatic nitrogens is 1. The van der Waals surface area contributed by atoms with Crippen LogP contribution in [0.3, 0.4) is 0 Å². The number of alkyl carbamates (subject to hydrolysis) is 1. The van der Waals surface area contributed by atoms with Crippen molar-refractivity contribution >= 4 is 22.0 Å². The molecule has 19 heavy (non-hydrogen) atoms. The van der Waals surface area contributed by atoms with E-state index >= 15 is 0 Å². The monoisotopic (exact) mass is 328 g/mol. The van der Waals surface area contributed by atoms with E-state index in [-0.39, 0.29) is 0 Å². The first-order chi connectivity index (χ1) is 8.51. The number of nitrogens with zero attached hydrogens (tertiary/aromatic N) is 1. The number of nitrogens with one attached hydrogen (secondary N) is 1. The standard InChI is InChI=1S/C14H21BrN2O2/c1-9-10(7-8-11(15)16-9)14(5,6)17-12(18)19-13(2,3)4/h7-8H,1-6H3,(H,17,18). The summed E-state index contributed by atoms with van der Waals surface area (Å²) in [5.41, 5.74) is 0.782. The van der Waals surface area contributed by atoms with E-state index in [2.05, 4.69) is 26.2 Å². The molecule has 1 rings (SSSR count). The van der Waals surface area contributed by atoms with Crippen molar-refractivity contribution in [2.24, 2.45) is 0 Å². The smallest absolute Gasteiger partial charge is 0.408 e. The van der Waals surface area contributed by atoms with Crippen molar-refractivity contribution in [1.29, 1.82) is 0 Å². The number of carbonyl (C=O) groups excluding carboxylic acids is 1. The lowest BCUT2D eigenvalue weighted by Gasteiger charge is -2.29. The van der Waals surface area contributed by atoms with Gasteiger partial charge in [-0.1, -0.05) is 6.07 Å². The van der Waals surface area contributed by atoms with Gasteiger partial charge in [-0.25, -0.2) is 9.78 Å². The Hall–Kier alpha value is -1.10. The van der Waals surface area contributed by atoms with E-state index in [1.807, 2.05) is 53.7 Å². The molecular weight excluding hydrogens is 308 g/mol. The Morgan fingerprint density at radius 1 is 1.26 bits per heavy atom. The van der Waals surface area contributed by atoms with Gasteiger partial charge in [-0.3, -0.25) is 0 Å². The number of rotatable bonds is 2. The van der Waals surface area contributed by atoms with E-state index in [1.54, 1.807) is 0 Å². The molecule has 0 aliphatic carbocycles. The second-order valence-electron chi connectivity index (χ2n) is 6.02. The van der Waals surface area contributed by atoms with E-state index in [9.17, 15) is 4.79 Å². The van der Waals surface area contributed by atoms with Gasteiger partial charge >= 0.3 is 6.09 Å². The van der Waals surface area contributed by atoms with Gasteiger partial charge in [-0.15, -0.1) is 0 Å². The molecule has 1 aromatic rings. The van der Waals surface area contributed by atoms with Crippen LogP contribution in [-0.4, -0.2) is 16.7 Å². The van der Waals surface area contributed by atoms with Gasteiger partial charge in [0.25, 0.3) is 0 Å². The minimum atomic E-state index is -0.542. The maximum absolute atomic E-state index is 11.9. The second-order valence-corrected chi connectivity index (χ2v) is 6.83. The highest BCUT2D eigenvalue weighted by Gasteiger charge is 2.27. The van der Waals surface area contributed by atoms with Crippen LogP contribution in [0.1, 0.15) is 45.9 Å². The third-order valence-corrected chi connectivity index (χ3v) is 2.98. The Morgan fingerprint density at radius 3 is 2.32 bits per heavy atom. The van der Waals surface area contributed by atoms with Crippen molar-refractivity contribution < 1.29 is 9.53 Å². The van der Waals surface area contributed by atoms with Crippen LogP contribution in [0.5, 0.6) is 0 Å². The summed E-state index contributed by atoms with van der Waals surface area (Å²) in [6.45, 7) is 11.3. The Labute approximate surface area is 123 Å². The van der Waals surface area contributed by atoms with Gasteiger partial charge in [0, 0.05) is 5.69 Å². The first-order valence-corrected chi connectivity index (χ1v) is 6.95. The molecule has 1 amide bonds. The van der Waals surface area contributed by atoms with Crippen LogP contribution in [0, 0.1) is 6.92 Å². The molecule has 0 aliphatic heterocycles. The predicted molar refractivity (Wildman–Crippen MR) is 79.1 cm³/mol. The number of ether oxygens (including phenoxy) is 1. The van der Waals surface area contributed by atoms with Crippen LogP contribution in [0.4, 0.5) is 4.79 Å². The van der Waals surface area contributed by atoms with Crippen LogP contribution in [0.15, 0.2) is 16.7 Å². The van der Waals surface area contributed by atoms with E-state index < -0.39 is 17.2 Å². The minimum Gasteiger partial charge on any atom is -0.444 e. The highest BCUT2D eigenvalue weighted by Crippen LogP contribution is 2.24. The second kappa shape index (κ2) is 5.49. The molecule has 0 atom stereocenters. The van der Waals surface area contributed by atoms with E-state index in [0.717, 1.165) is 15.9 Å². The number of amides is 1. The van der Waals surface area contributed by atoms with E-state index in [0.29, 0.717) is 0 Å². The highest BCUT2D eigenvalue weighted by atomic mass is 79.9. The Balaban J connectivity index is 2.89. The molecule has 0 saturated carbocycles. The van der Waals surface area contributed by atoms with Crippen molar-refractivity contribution in [1.82, 2.24) is 10.3 Å². The average molecular weight is 329 g/mol. The van der Waals surface area contributed by atoms with Gasteiger partial charge in [0.2, 0.25) is 0 Å². The van der Waals surface area contributed by atoms with Gasteiger partial charge in [0.15, 0.2) is 0 Å². The number of halogens is 1. The zero-order valence-corrected chi connectivity index (χ0v) is 13.9. The predicted octanol–water partition coefficient (Wildman–Crippen LogP) is 3.91. The molecule has 1 N–H and O–H groups in total. The fraction of sp³-hybridized carbons (Fsp3) is 0.571. The van der Waals surface area contributed by atoms with E-state index in [4.69, 9.17) is 4.74 Å². The summed E-state index contributed by atoms with van der Waals surface area (Å²) < 4.78 is 6.06. The summed E-state index contributed by atoms with van der Waals surface area (Å²) >= 11 is 3.33. The fourth-order valence-electron chi connectivity index (χ4n) is 1.82. The summed E-state index contributed by atoms with van der Waals surface area (Å²) in [5, 5.41) is 2.87. The summed E-state index contributed by atoms with van der Waals surface area (Å²) in [7, 11) is 0. The van der Waals surface area contributed by atoms with Gasteiger partial charge in [-0.2, -0.15) is 0 Å². The number of hydrogen-bond donors (Lipinski definition) is 1. The quantitative estimate of drug-likeness (QED) is 0.837. The number of carbonyl (C=O) groups is 1. The molecular formula is C14H21BrN2O2.